The number of carbonyl (C=O) groups excluding carboxylic acids is 1. The second-order valence-corrected chi connectivity index (χ2v) is 7.26. The van der Waals surface area contributed by atoms with Crippen molar-refractivity contribution < 1.29 is 18.1 Å². The highest BCUT2D eigenvalue weighted by atomic mass is 32.2. The number of fused-ring (bicyclic) bond motifs is 1. The van der Waals surface area contributed by atoms with E-state index in [4.69, 9.17) is 4.74 Å². The number of halogens is 1. The number of anilines is 1. The fourth-order valence-corrected chi connectivity index (χ4v) is 4.02. The van der Waals surface area contributed by atoms with Crippen molar-refractivity contribution in [1.29, 1.82) is 0 Å². The maximum atomic E-state index is 15.2. The van der Waals surface area contributed by atoms with Gasteiger partial charge in [-0.3, -0.25) is 13.8 Å². The lowest BCUT2D eigenvalue weighted by molar-refractivity contribution is -0.117. The summed E-state index contributed by atoms with van der Waals surface area (Å²) in [5.41, 5.74) is 1.05. The lowest BCUT2D eigenvalue weighted by atomic mass is 10.1. The summed E-state index contributed by atoms with van der Waals surface area (Å²) in [6, 6.07) is 8.72. The third-order valence-corrected chi connectivity index (χ3v) is 5.44. The van der Waals surface area contributed by atoms with Crippen LogP contribution in [0.15, 0.2) is 54.1 Å². The Morgan fingerprint density at radius 1 is 1.27 bits per heavy atom. The molecule has 1 heterocycles. The van der Waals surface area contributed by atoms with E-state index in [1.807, 2.05) is 12.1 Å². The van der Waals surface area contributed by atoms with Crippen LogP contribution in [0.3, 0.4) is 0 Å². The van der Waals surface area contributed by atoms with Gasteiger partial charge in [0.05, 0.1) is 0 Å². The van der Waals surface area contributed by atoms with E-state index in [0.29, 0.717) is 10.8 Å². The number of nitrogens with zero attached hydrogens (tertiary/aromatic N) is 1. The molecule has 2 aliphatic rings. The second kappa shape index (κ2) is 6.92. The van der Waals surface area contributed by atoms with Crippen LogP contribution in [0.25, 0.3) is 10.8 Å². The highest BCUT2D eigenvalue weighted by molar-refractivity contribution is 7.85. The molecular weight excluding hydrogens is 355 g/mol. The molecule has 5 nitrogen and oxygen atoms in total. The summed E-state index contributed by atoms with van der Waals surface area (Å²) in [5.74, 6) is -0.693. The van der Waals surface area contributed by atoms with E-state index in [1.165, 1.54) is 4.31 Å². The van der Waals surface area contributed by atoms with Gasteiger partial charge in [-0.15, -0.1) is 0 Å². The van der Waals surface area contributed by atoms with E-state index in [-0.39, 0.29) is 24.6 Å². The Hall–Kier alpha value is -2.67. The van der Waals surface area contributed by atoms with Gasteiger partial charge in [-0.25, -0.2) is 8.60 Å². The molecule has 7 heteroatoms. The van der Waals surface area contributed by atoms with Crippen molar-refractivity contribution in [2.24, 2.45) is 0 Å². The Bertz CT molecular complexity index is 971. The third-order valence-electron chi connectivity index (χ3n) is 4.33. The second-order valence-electron chi connectivity index (χ2n) is 6.12. The molecule has 1 N–H and O–H groups in total. The topological polar surface area (TPSA) is 58.6 Å². The van der Waals surface area contributed by atoms with E-state index in [2.05, 4.69) is 16.9 Å². The molecule has 0 radical (unpaired) electrons. The minimum atomic E-state index is -1.83. The van der Waals surface area contributed by atoms with E-state index in [1.54, 1.807) is 24.3 Å². The van der Waals surface area contributed by atoms with Crippen LogP contribution in [0.2, 0.25) is 0 Å². The lowest BCUT2D eigenvalue weighted by Crippen LogP contribution is -2.24. The van der Waals surface area contributed by atoms with Crippen LogP contribution in [0, 0.1) is 5.82 Å². The molecule has 0 saturated carbocycles. The standard InChI is InChI=1S/C19H17FN2O3S/c20-18-15-9-5-4-8-14(15)10-16(25-12-13-6-2-1-3-7-13)19(18)22-11-17(23)21-26(22)24/h2,4-10H,1,3,11-12H2,(H,21,23). The average molecular weight is 372 g/mol. The quantitative estimate of drug-likeness (QED) is 0.897. The summed E-state index contributed by atoms with van der Waals surface area (Å²) in [6.45, 7) is 0.101. The Morgan fingerprint density at radius 3 is 2.85 bits per heavy atom. The molecule has 0 spiro atoms. The predicted molar refractivity (Wildman–Crippen MR) is 99.5 cm³/mol. The monoisotopic (exact) mass is 372 g/mol. The van der Waals surface area contributed by atoms with Gasteiger partial charge in [-0.2, -0.15) is 0 Å². The first kappa shape index (κ1) is 16.8. The molecule has 0 aromatic heterocycles. The molecule has 1 atom stereocenters. The summed E-state index contributed by atoms with van der Waals surface area (Å²) in [6.07, 6.45) is 8.08. The minimum absolute atomic E-state index is 0.0424. The molecule has 0 bridgehead atoms. The molecule has 2 aromatic rings. The zero-order chi connectivity index (χ0) is 18.1. The molecule has 26 heavy (non-hydrogen) atoms. The molecule has 134 valence electrons. The maximum absolute atomic E-state index is 15.2. The fraction of sp³-hybridized carbons (Fsp3) is 0.211. The predicted octanol–water partition coefficient (Wildman–Crippen LogP) is 3.15. The number of hydrogen-bond donors (Lipinski definition) is 1. The number of hydrogen-bond acceptors (Lipinski definition) is 3. The lowest BCUT2D eigenvalue weighted by Gasteiger charge is -2.21. The van der Waals surface area contributed by atoms with Gasteiger partial charge in [0.25, 0.3) is 5.91 Å². The van der Waals surface area contributed by atoms with Gasteiger partial charge in [-0.1, -0.05) is 42.5 Å². The largest absolute Gasteiger partial charge is 0.487 e. The number of benzene rings is 2. The highest BCUT2D eigenvalue weighted by Gasteiger charge is 2.32. The zero-order valence-corrected chi connectivity index (χ0v) is 14.7. The number of amides is 1. The third kappa shape index (κ3) is 3.10. The fourth-order valence-electron chi connectivity index (χ4n) is 3.08. The Morgan fingerprint density at radius 2 is 2.12 bits per heavy atom. The molecular formula is C19H17FN2O3S. The van der Waals surface area contributed by atoms with Crippen LogP contribution in [0.4, 0.5) is 10.1 Å². The smallest absolute Gasteiger partial charge is 0.253 e. The van der Waals surface area contributed by atoms with Gasteiger partial charge in [0.15, 0.2) is 5.82 Å². The van der Waals surface area contributed by atoms with E-state index >= 15 is 4.39 Å². The van der Waals surface area contributed by atoms with Crippen LogP contribution < -0.4 is 13.8 Å². The number of rotatable bonds is 4. The summed E-state index contributed by atoms with van der Waals surface area (Å²) >= 11 is -1.83. The molecule has 1 aliphatic carbocycles. The molecule has 1 fully saturated rings. The first-order valence-corrected chi connectivity index (χ1v) is 9.42. The van der Waals surface area contributed by atoms with Crippen LogP contribution in [0.1, 0.15) is 12.8 Å². The number of carbonyl (C=O) groups is 1. The number of nitrogens with one attached hydrogen (secondary N) is 1. The average Bonchev–Trinajstić information content (AvgIpc) is 2.99. The van der Waals surface area contributed by atoms with Gasteiger partial charge >= 0.3 is 0 Å². The van der Waals surface area contributed by atoms with Gasteiger partial charge < -0.3 is 4.74 Å². The molecule has 4 rings (SSSR count). The van der Waals surface area contributed by atoms with Crippen molar-refractivity contribution in [1.82, 2.24) is 4.72 Å². The molecule has 1 aliphatic heterocycles. The molecule has 1 unspecified atom stereocenters. The first-order valence-electron chi connectivity index (χ1n) is 8.32. The zero-order valence-electron chi connectivity index (χ0n) is 13.9. The number of ether oxygens (including phenoxy) is 1. The van der Waals surface area contributed by atoms with Crippen LogP contribution in [-0.2, 0) is 16.0 Å². The van der Waals surface area contributed by atoms with Crippen molar-refractivity contribution in [3.8, 4) is 5.75 Å². The van der Waals surface area contributed by atoms with Crippen molar-refractivity contribution >= 4 is 33.5 Å². The first-order chi connectivity index (χ1) is 12.6. The highest BCUT2D eigenvalue weighted by Crippen LogP contribution is 2.38. The molecule has 1 amide bonds. The van der Waals surface area contributed by atoms with Crippen LogP contribution in [-0.4, -0.2) is 23.3 Å². The van der Waals surface area contributed by atoms with Crippen molar-refractivity contribution in [3.63, 3.8) is 0 Å². The van der Waals surface area contributed by atoms with Gasteiger partial charge in [0, 0.05) is 5.39 Å². The Kier molecular flexibility index (Phi) is 4.46. The normalized spacial score (nSPS) is 19.6. The van der Waals surface area contributed by atoms with Crippen molar-refractivity contribution in [3.05, 3.63) is 60.0 Å². The van der Waals surface area contributed by atoms with E-state index in [9.17, 15) is 9.00 Å². The summed E-state index contributed by atoms with van der Waals surface area (Å²) in [4.78, 5) is 11.6. The van der Waals surface area contributed by atoms with Crippen molar-refractivity contribution in [2.75, 3.05) is 17.5 Å². The maximum Gasteiger partial charge on any atom is 0.253 e. The molecule has 2 aromatic carbocycles. The van der Waals surface area contributed by atoms with E-state index < -0.39 is 22.9 Å². The SMILES string of the molecule is O=C1CN(c2c(OCC3=CCCC=C3)cc3ccccc3c2F)S(=O)N1. The van der Waals surface area contributed by atoms with Gasteiger partial charge in [-0.05, 0) is 29.9 Å². The van der Waals surface area contributed by atoms with Crippen LogP contribution in [0.5, 0.6) is 5.75 Å². The minimum Gasteiger partial charge on any atom is -0.487 e. The summed E-state index contributed by atoms with van der Waals surface area (Å²) < 4.78 is 36.8. The molecule has 1 saturated heterocycles. The summed E-state index contributed by atoms with van der Waals surface area (Å²) in [5, 5.41) is 1.07. The Balaban J connectivity index is 1.77. The van der Waals surface area contributed by atoms with Gasteiger partial charge in [0.2, 0.25) is 11.2 Å². The van der Waals surface area contributed by atoms with Crippen LogP contribution >= 0.6 is 0 Å². The van der Waals surface area contributed by atoms with Gasteiger partial charge in [0.1, 0.15) is 24.6 Å². The Labute approximate surface area is 152 Å². The van der Waals surface area contributed by atoms with Crippen molar-refractivity contribution in [2.45, 2.75) is 12.8 Å². The summed E-state index contributed by atoms with van der Waals surface area (Å²) in [7, 11) is 0. The number of allylic oxidation sites excluding steroid dienone is 2. The van der Waals surface area contributed by atoms with E-state index in [0.717, 1.165) is 18.4 Å².